The Morgan fingerprint density at radius 3 is 2.57 bits per heavy atom. The van der Waals surface area contributed by atoms with Gasteiger partial charge in [0.1, 0.15) is 0 Å². The summed E-state index contributed by atoms with van der Waals surface area (Å²) in [5.41, 5.74) is 2.82. The second-order valence-corrected chi connectivity index (χ2v) is 7.24. The van der Waals surface area contributed by atoms with Gasteiger partial charge in [0.2, 0.25) is 11.9 Å². The van der Waals surface area contributed by atoms with Gasteiger partial charge in [0.15, 0.2) is 0 Å². The number of carbonyl (C=O) groups excluding carboxylic acids is 1. The van der Waals surface area contributed by atoms with Gasteiger partial charge in [-0.25, -0.2) is 9.78 Å². The predicted octanol–water partition coefficient (Wildman–Crippen LogP) is 4.42. The Hall–Kier alpha value is -3.15. The number of fused-ring (bicyclic) bond motifs is 1. The summed E-state index contributed by atoms with van der Waals surface area (Å²) in [6.45, 7) is 0. The number of aromatic carboxylic acids is 1. The summed E-state index contributed by atoms with van der Waals surface area (Å²) in [5.74, 6) is -0.543. The summed E-state index contributed by atoms with van der Waals surface area (Å²) in [4.78, 5) is 28.6. The number of para-hydroxylation sites is 2. The molecule has 2 N–H and O–H groups in total. The maximum atomic E-state index is 12.6. The molecule has 0 bridgehead atoms. The van der Waals surface area contributed by atoms with Gasteiger partial charge in [0, 0.05) is 12.5 Å². The molecular weight excluding hydrogens is 354 g/mol. The number of rotatable bonds is 6. The van der Waals surface area contributed by atoms with Crippen molar-refractivity contribution in [2.24, 2.45) is 0 Å². The van der Waals surface area contributed by atoms with E-state index in [-0.39, 0.29) is 17.9 Å². The van der Waals surface area contributed by atoms with Crippen LogP contribution in [0.1, 0.15) is 54.1 Å². The van der Waals surface area contributed by atoms with Crippen molar-refractivity contribution >= 4 is 28.9 Å². The standard InChI is InChI=1S/C22H23N3O3/c26-20(14-13-15-7-1-4-10-17(15)21(27)28)24-22-23-18-11-5-6-12-19(18)25(22)16-8-2-3-9-16/h1,4-7,10-12,16H,2-3,8-9,13-14H2,(H,27,28)(H,23,24,26). The third kappa shape index (κ3) is 3.63. The second kappa shape index (κ2) is 7.84. The number of hydrogen-bond acceptors (Lipinski definition) is 3. The molecule has 28 heavy (non-hydrogen) atoms. The molecule has 144 valence electrons. The van der Waals surface area contributed by atoms with Crippen molar-refractivity contribution in [3.05, 3.63) is 59.7 Å². The summed E-state index contributed by atoms with van der Waals surface area (Å²) in [6.07, 6.45) is 5.15. The predicted molar refractivity (Wildman–Crippen MR) is 108 cm³/mol. The van der Waals surface area contributed by atoms with Gasteiger partial charge in [-0.2, -0.15) is 0 Å². The van der Waals surface area contributed by atoms with Crippen LogP contribution in [-0.4, -0.2) is 26.5 Å². The van der Waals surface area contributed by atoms with E-state index in [1.165, 1.54) is 12.8 Å². The molecule has 1 aromatic heterocycles. The number of aromatic nitrogens is 2. The lowest BCUT2D eigenvalue weighted by molar-refractivity contribution is -0.116. The molecule has 2 aromatic carbocycles. The van der Waals surface area contributed by atoms with E-state index in [2.05, 4.69) is 14.9 Å². The van der Waals surface area contributed by atoms with Crippen LogP contribution in [0.2, 0.25) is 0 Å². The summed E-state index contributed by atoms with van der Waals surface area (Å²) >= 11 is 0. The number of anilines is 1. The number of benzene rings is 2. The zero-order valence-electron chi connectivity index (χ0n) is 15.6. The molecule has 0 unspecified atom stereocenters. The van der Waals surface area contributed by atoms with Crippen LogP contribution in [-0.2, 0) is 11.2 Å². The highest BCUT2D eigenvalue weighted by atomic mass is 16.4. The van der Waals surface area contributed by atoms with Crippen molar-refractivity contribution in [3.63, 3.8) is 0 Å². The third-order valence-corrected chi connectivity index (χ3v) is 5.41. The summed E-state index contributed by atoms with van der Waals surface area (Å²) in [7, 11) is 0. The highest BCUT2D eigenvalue weighted by Crippen LogP contribution is 2.35. The fraction of sp³-hybridized carbons (Fsp3) is 0.318. The maximum Gasteiger partial charge on any atom is 0.335 e. The van der Waals surface area contributed by atoms with Gasteiger partial charge < -0.3 is 9.67 Å². The Balaban J connectivity index is 1.53. The lowest BCUT2D eigenvalue weighted by atomic mass is 10.0. The molecule has 1 aliphatic carbocycles. The normalized spacial score (nSPS) is 14.4. The van der Waals surface area contributed by atoms with E-state index in [1.807, 2.05) is 24.3 Å². The number of nitrogens with zero attached hydrogens (tertiary/aromatic N) is 2. The molecule has 6 heteroatoms. The zero-order chi connectivity index (χ0) is 19.5. The second-order valence-electron chi connectivity index (χ2n) is 7.24. The van der Waals surface area contributed by atoms with Crippen LogP contribution >= 0.6 is 0 Å². The number of hydrogen-bond donors (Lipinski definition) is 2. The SMILES string of the molecule is O=C(CCc1ccccc1C(=O)O)Nc1nc2ccccc2n1C1CCCC1. The first kappa shape index (κ1) is 18.2. The van der Waals surface area contributed by atoms with Crippen molar-refractivity contribution in [2.45, 2.75) is 44.6 Å². The molecule has 1 heterocycles. The van der Waals surface area contributed by atoms with Crippen LogP contribution in [0.4, 0.5) is 5.95 Å². The van der Waals surface area contributed by atoms with E-state index in [0.29, 0.717) is 24.0 Å². The summed E-state index contributed by atoms with van der Waals surface area (Å²) in [5, 5.41) is 12.3. The zero-order valence-corrected chi connectivity index (χ0v) is 15.6. The Morgan fingerprint density at radius 1 is 1.07 bits per heavy atom. The quantitative estimate of drug-likeness (QED) is 0.666. The average molecular weight is 377 g/mol. The average Bonchev–Trinajstić information content (AvgIpc) is 3.33. The first-order chi connectivity index (χ1) is 13.6. The van der Waals surface area contributed by atoms with Gasteiger partial charge in [-0.05, 0) is 43.0 Å². The first-order valence-corrected chi connectivity index (χ1v) is 9.71. The van der Waals surface area contributed by atoms with E-state index in [9.17, 15) is 14.7 Å². The maximum absolute atomic E-state index is 12.6. The Kier molecular flexibility index (Phi) is 5.10. The van der Waals surface area contributed by atoms with Crippen LogP contribution in [0.15, 0.2) is 48.5 Å². The topological polar surface area (TPSA) is 84.2 Å². The molecule has 0 aliphatic heterocycles. The fourth-order valence-electron chi connectivity index (χ4n) is 4.05. The van der Waals surface area contributed by atoms with Crippen molar-refractivity contribution in [1.82, 2.24) is 9.55 Å². The highest BCUT2D eigenvalue weighted by Gasteiger charge is 2.23. The lowest BCUT2D eigenvalue weighted by Crippen LogP contribution is -2.18. The number of nitrogens with one attached hydrogen (secondary N) is 1. The minimum atomic E-state index is -0.973. The summed E-state index contributed by atoms with van der Waals surface area (Å²) in [6, 6.07) is 15.1. The molecule has 0 saturated heterocycles. The summed E-state index contributed by atoms with van der Waals surface area (Å²) < 4.78 is 2.16. The number of carboxylic acids is 1. The van der Waals surface area contributed by atoms with Gasteiger partial charge in [0.25, 0.3) is 0 Å². The molecule has 3 aromatic rings. The molecule has 0 radical (unpaired) electrons. The van der Waals surface area contributed by atoms with E-state index in [1.54, 1.807) is 24.3 Å². The smallest absolute Gasteiger partial charge is 0.335 e. The molecule has 1 aliphatic rings. The highest BCUT2D eigenvalue weighted by molar-refractivity contribution is 5.92. The van der Waals surface area contributed by atoms with Crippen molar-refractivity contribution in [2.75, 3.05) is 5.32 Å². The number of imidazole rings is 1. The molecule has 1 amide bonds. The largest absolute Gasteiger partial charge is 0.478 e. The molecule has 0 spiro atoms. The van der Waals surface area contributed by atoms with E-state index >= 15 is 0 Å². The van der Waals surface area contributed by atoms with Crippen molar-refractivity contribution in [3.8, 4) is 0 Å². The van der Waals surface area contributed by atoms with E-state index in [0.717, 1.165) is 23.9 Å². The molecular formula is C22H23N3O3. The van der Waals surface area contributed by atoms with Crippen LogP contribution in [0.25, 0.3) is 11.0 Å². The van der Waals surface area contributed by atoms with Crippen LogP contribution < -0.4 is 5.32 Å². The van der Waals surface area contributed by atoms with Gasteiger partial charge >= 0.3 is 5.97 Å². The van der Waals surface area contributed by atoms with Crippen LogP contribution in [0.5, 0.6) is 0 Å². The van der Waals surface area contributed by atoms with E-state index < -0.39 is 5.97 Å². The Bertz CT molecular complexity index is 1020. The van der Waals surface area contributed by atoms with Crippen molar-refractivity contribution < 1.29 is 14.7 Å². The minimum absolute atomic E-state index is 0.158. The lowest BCUT2D eigenvalue weighted by Gasteiger charge is -2.16. The molecule has 4 rings (SSSR count). The number of carboxylic acid groups (broad SMARTS) is 1. The van der Waals surface area contributed by atoms with Gasteiger partial charge in [0.05, 0.1) is 16.6 Å². The minimum Gasteiger partial charge on any atom is -0.478 e. The number of amides is 1. The van der Waals surface area contributed by atoms with Gasteiger partial charge in [-0.3, -0.25) is 10.1 Å². The fourth-order valence-corrected chi connectivity index (χ4v) is 4.05. The van der Waals surface area contributed by atoms with Gasteiger partial charge in [-0.1, -0.05) is 43.2 Å². The third-order valence-electron chi connectivity index (χ3n) is 5.41. The molecule has 1 fully saturated rings. The first-order valence-electron chi connectivity index (χ1n) is 9.71. The van der Waals surface area contributed by atoms with Crippen LogP contribution in [0, 0.1) is 0 Å². The van der Waals surface area contributed by atoms with Crippen LogP contribution in [0.3, 0.4) is 0 Å². The Labute approximate surface area is 163 Å². The Morgan fingerprint density at radius 2 is 1.79 bits per heavy atom. The van der Waals surface area contributed by atoms with Gasteiger partial charge in [-0.15, -0.1) is 0 Å². The van der Waals surface area contributed by atoms with Crippen molar-refractivity contribution in [1.29, 1.82) is 0 Å². The number of aryl methyl sites for hydroxylation is 1. The molecule has 1 saturated carbocycles. The monoisotopic (exact) mass is 377 g/mol. The molecule has 0 atom stereocenters. The van der Waals surface area contributed by atoms with E-state index in [4.69, 9.17) is 0 Å². The molecule has 6 nitrogen and oxygen atoms in total. The number of carbonyl (C=O) groups is 2.